The number of nitrogens with one attached hydrogen (secondary N) is 2. The number of nitrogens with zero attached hydrogens (tertiary/aromatic N) is 3. The van der Waals surface area contributed by atoms with Gasteiger partial charge in [0.2, 0.25) is 0 Å². The third-order valence-corrected chi connectivity index (χ3v) is 28.3. The molecular formula is C29H43N5O7S2Sn. The number of unbranched alkanes of at least 4 members (excludes halogenated alkanes) is 3. The molecule has 0 atom stereocenters. The first-order chi connectivity index (χ1) is 21.0. The Bertz CT molecular complexity index is 1520. The number of non-ortho nitro benzene ring substituents is 1. The van der Waals surface area contributed by atoms with Crippen molar-refractivity contribution in [2.45, 2.75) is 86.1 Å². The summed E-state index contributed by atoms with van der Waals surface area (Å²) in [5.74, 6) is -0.255. The van der Waals surface area contributed by atoms with Gasteiger partial charge >= 0.3 is 218 Å². The number of imidazole rings is 1. The van der Waals surface area contributed by atoms with E-state index in [4.69, 9.17) is 4.74 Å². The number of nitro groups is 1. The molecule has 0 unspecified atom stereocenters. The SMILES string of the molecule is CCC[CH2][Sn]([CH2]CCC)([CH2]CCC)[c]1sc2c(NS(=O)(=O)CCNC(=O)OCc3ccc([N+](=O)[O-])cc3)ncn2c1C(C)=O. The number of hydrogen-bond donors (Lipinski definition) is 2. The average molecular weight is 757 g/mol. The monoisotopic (exact) mass is 757 g/mol. The molecule has 0 aliphatic heterocycles. The van der Waals surface area contributed by atoms with Crippen molar-refractivity contribution in [3.63, 3.8) is 0 Å². The Morgan fingerprint density at radius 3 is 2.16 bits per heavy atom. The van der Waals surface area contributed by atoms with Crippen LogP contribution in [0.25, 0.3) is 4.83 Å². The maximum absolute atomic E-state index is 13.1. The van der Waals surface area contributed by atoms with Gasteiger partial charge in [0.15, 0.2) is 0 Å². The fourth-order valence-corrected chi connectivity index (χ4v) is 27.4. The Labute approximate surface area is 267 Å². The number of rotatable bonds is 19. The van der Waals surface area contributed by atoms with E-state index < -0.39 is 45.2 Å². The molecule has 0 radical (unpaired) electrons. The van der Waals surface area contributed by atoms with Crippen molar-refractivity contribution in [2.24, 2.45) is 0 Å². The van der Waals surface area contributed by atoms with Crippen LogP contribution in [0.4, 0.5) is 16.3 Å². The Kier molecular flexibility index (Phi) is 13.4. The summed E-state index contributed by atoms with van der Waals surface area (Å²) in [6, 6.07) is 5.57. The molecular weight excluding hydrogens is 713 g/mol. The molecule has 1 aromatic carbocycles. The normalized spacial score (nSPS) is 11.9. The fourth-order valence-electron chi connectivity index (χ4n) is 5.27. The number of amides is 1. The van der Waals surface area contributed by atoms with Crippen LogP contribution in [-0.2, 0) is 21.4 Å². The van der Waals surface area contributed by atoms with Gasteiger partial charge in [-0.3, -0.25) is 10.1 Å². The van der Waals surface area contributed by atoms with Crippen LogP contribution < -0.4 is 12.9 Å². The average Bonchev–Trinajstić information content (AvgIpc) is 3.56. The van der Waals surface area contributed by atoms with Crippen molar-refractivity contribution in [1.82, 2.24) is 14.7 Å². The quantitative estimate of drug-likeness (QED) is 0.0630. The summed E-state index contributed by atoms with van der Waals surface area (Å²) < 4.78 is 40.1. The zero-order valence-electron chi connectivity index (χ0n) is 25.9. The second-order valence-corrected chi connectivity index (χ2v) is 27.9. The number of alkyl carbamates (subject to hydrolysis) is 1. The summed E-state index contributed by atoms with van der Waals surface area (Å²) in [4.78, 5) is 40.3. The molecule has 2 N–H and O–H groups in total. The topological polar surface area (TPSA) is 162 Å². The molecule has 0 aliphatic carbocycles. The number of anilines is 1. The number of Topliss-reactive ketones (excluding diaryl/α,β-unsaturated/α-hetero) is 1. The van der Waals surface area contributed by atoms with Crippen LogP contribution in [-0.4, -0.2) is 65.3 Å². The molecule has 2 aromatic heterocycles. The minimum absolute atomic E-state index is 0.0277. The standard InChI is InChI=1S/C17H16N5O7S2.3C4H9.Sn/c1-11(23)14-9-30-16-15(19-10-21(14)16)20-31(27,28)7-6-18-17(24)29-8-12-2-4-13(5-3-12)22(25)26;3*1-3-4-2;/h2-5,10,20H,6-8H2,1H3,(H,18,24);3*1,3-4H2,2H3;. The first-order valence-electron chi connectivity index (χ1n) is 15.1. The first-order valence-corrected chi connectivity index (χ1v) is 25.1. The summed E-state index contributed by atoms with van der Waals surface area (Å²) in [6.45, 7) is 7.86. The van der Waals surface area contributed by atoms with Gasteiger partial charge in [0.05, 0.1) is 4.92 Å². The number of carbonyl (C=O) groups is 2. The van der Waals surface area contributed by atoms with Crippen LogP contribution in [0.15, 0.2) is 30.6 Å². The summed E-state index contributed by atoms with van der Waals surface area (Å²) in [5, 5.41) is 13.2. The molecule has 3 aromatic rings. The number of ether oxygens (including phenoxy) is 1. The van der Waals surface area contributed by atoms with E-state index in [1.807, 2.05) is 0 Å². The number of aromatic nitrogens is 2. The van der Waals surface area contributed by atoms with Crippen molar-refractivity contribution < 1.29 is 27.7 Å². The van der Waals surface area contributed by atoms with Crippen LogP contribution >= 0.6 is 11.3 Å². The number of benzene rings is 1. The number of sulfonamides is 1. The van der Waals surface area contributed by atoms with Gasteiger partial charge in [0.1, 0.15) is 0 Å². The molecule has 0 spiro atoms. The molecule has 0 bridgehead atoms. The number of ketones is 1. The summed E-state index contributed by atoms with van der Waals surface area (Å²) >= 11 is -1.50. The molecule has 0 saturated carbocycles. The van der Waals surface area contributed by atoms with E-state index >= 15 is 0 Å². The van der Waals surface area contributed by atoms with E-state index in [1.165, 1.54) is 58.1 Å². The number of carbonyl (C=O) groups excluding carboxylic acids is 2. The van der Waals surface area contributed by atoms with Gasteiger partial charge in [-0.2, -0.15) is 0 Å². The predicted octanol–water partition coefficient (Wildman–Crippen LogP) is 6.23. The van der Waals surface area contributed by atoms with E-state index in [1.54, 1.807) is 11.3 Å². The Morgan fingerprint density at radius 2 is 1.64 bits per heavy atom. The van der Waals surface area contributed by atoms with Gasteiger partial charge in [0, 0.05) is 12.1 Å². The van der Waals surface area contributed by atoms with Gasteiger partial charge in [-0.1, -0.05) is 0 Å². The van der Waals surface area contributed by atoms with Crippen molar-refractivity contribution in [2.75, 3.05) is 17.0 Å². The third-order valence-electron chi connectivity index (χ3n) is 7.63. The van der Waals surface area contributed by atoms with Gasteiger partial charge in [-0.15, -0.1) is 0 Å². The van der Waals surface area contributed by atoms with Crippen molar-refractivity contribution in [1.29, 1.82) is 0 Å². The molecule has 1 amide bonds. The van der Waals surface area contributed by atoms with Gasteiger partial charge in [0.25, 0.3) is 5.69 Å². The van der Waals surface area contributed by atoms with Gasteiger partial charge in [-0.25, -0.2) is 0 Å². The number of thiazole rings is 1. The number of nitro benzene ring substituents is 1. The van der Waals surface area contributed by atoms with Gasteiger partial charge < -0.3 is 0 Å². The molecule has 2 heterocycles. The molecule has 0 saturated heterocycles. The summed E-state index contributed by atoms with van der Waals surface area (Å²) in [7, 11) is -3.89. The maximum atomic E-state index is 13.1. The van der Waals surface area contributed by atoms with Crippen molar-refractivity contribution in [3.8, 4) is 0 Å². The molecule has 0 aliphatic rings. The second-order valence-electron chi connectivity index (χ2n) is 11.0. The number of hydrogen-bond acceptors (Lipinski definition) is 9. The van der Waals surface area contributed by atoms with E-state index in [9.17, 15) is 28.1 Å². The van der Waals surface area contributed by atoms with Crippen LogP contribution in [0.1, 0.15) is 82.3 Å². The van der Waals surface area contributed by atoms with E-state index in [2.05, 4.69) is 35.8 Å². The zero-order chi connectivity index (χ0) is 32.3. The Hall–Kier alpha value is -2.72. The van der Waals surface area contributed by atoms with E-state index in [0.717, 1.165) is 38.5 Å². The first kappa shape index (κ1) is 35.8. The summed E-state index contributed by atoms with van der Waals surface area (Å²) in [5.41, 5.74) is 1.14. The minimum atomic E-state index is -3.89. The Balaban J connectivity index is 1.74. The number of fused-ring (bicyclic) bond motifs is 1. The zero-order valence-corrected chi connectivity index (χ0v) is 30.4. The van der Waals surface area contributed by atoms with E-state index in [0.29, 0.717) is 16.1 Å². The molecule has 15 heteroatoms. The van der Waals surface area contributed by atoms with Crippen molar-refractivity contribution in [3.05, 3.63) is 52.0 Å². The summed E-state index contributed by atoms with van der Waals surface area (Å²) in [6.07, 6.45) is 7.42. The third kappa shape index (κ3) is 9.39. The van der Waals surface area contributed by atoms with Gasteiger partial charge in [-0.05, 0) is 17.7 Å². The second kappa shape index (κ2) is 16.5. The van der Waals surface area contributed by atoms with Crippen LogP contribution in [0.3, 0.4) is 0 Å². The fraction of sp³-hybridized carbons (Fsp3) is 0.552. The molecule has 12 nitrogen and oxygen atoms in total. The molecule has 0 fully saturated rings. The predicted molar refractivity (Wildman–Crippen MR) is 176 cm³/mol. The van der Waals surface area contributed by atoms with Crippen molar-refractivity contribution >= 4 is 70.8 Å². The molecule has 242 valence electrons. The van der Waals surface area contributed by atoms with E-state index in [-0.39, 0.29) is 30.4 Å². The van der Waals surface area contributed by atoms with Crippen LogP contribution in [0.5, 0.6) is 0 Å². The molecule has 3 rings (SSSR count). The van der Waals surface area contributed by atoms with Crippen LogP contribution in [0, 0.1) is 10.1 Å². The Morgan fingerprint density at radius 1 is 1.05 bits per heavy atom. The van der Waals surface area contributed by atoms with Crippen LogP contribution in [0.2, 0.25) is 13.3 Å². The molecule has 44 heavy (non-hydrogen) atoms.